The van der Waals surface area contributed by atoms with Crippen LogP contribution in [0.3, 0.4) is 0 Å². The van der Waals surface area contributed by atoms with Crippen LogP contribution >= 0.6 is 0 Å². The van der Waals surface area contributed by atoms with Gasteiger partial charge in [0.25, 0.3) is 0 Å². The Hall–Kier alpha value is -1.36. The summed E-state index contributed by atoms with van der Waals surface area (Å²) in [5.74, 6) is -0.223. The van der Waals surface area contributed by atoms with E-state index in [-0.39, 0.29) is 4.90 Å². The smallest absolute Gasteiger partial charge is 0.188 e. The lowest BCUT2D eigenvalue weighted by Crippen LogP contribution is -2.09. The lowest BCUT2D eigenvalue weighted by Gasteiger charge is -2.08. The predicted molar refractivity (Wildman–Crippen MR) is 55.7 cm³/mol. The number of rotatable bonds is 5. The van der Waals surface area contributed by atoms with Crippen molar-refractivity contribution in [2.45, 2.75) is 11.8 Å². The molecular formula is C10H12O4S. The third-order valence-corrected chi connectivity index (χ3v) is 3.35. The van der Waals surface area contributed by atoms with Gasteiger partial charge in [0.1, 0.15) is 22.7 Å². The molecule has 0 aromatic heterocycles. The fourth-order valence-corrected chi connectivity index (χ4v) is 2.24. The van der Waals surface area contributed by atoms with Gasteiger partial charge in [0, 0.05) is 0 Å². The predicted octanol–water partition coefficient (Wildman–Crippen LogP) is 1.06. The topological polar surface area (TPSA) is 60.4 Å². The Kier molecular flexibility index (Phi) is 3.85. The molecule has 0 fully saturated rings. The van der Waals surface area contributed by atoms with Crippen LogP contribution in [-0.4, -0.2) is 27.1 Å². The van der Waals surface area contributed by atoms with E-state index in [1.54, 1.807) is 25.1 Å². The van der Waals surface area contributed by atoms with Crippen LogP contribution in [-0.2, 0) is 14.6 Å². The van der Waals surface area contributed by atoms with E-state index in [0.717, 1.165) is 0 Å². The maximum absolute atomic E-state index is 11.6. The molecule has 0 unspecified atom stereocenters. The molecule has 0 saturated carbocycles. The minimum Gasteiger partial charge on any atom is -0.493 e. The third-order valence-electron chi connectivity index (χ3n) is 1.77. The quantitative estimate of drug-likeness (QED) is 0.707. The van der Waals surface area contributed by atoms with E-state index in [1.807, 2.05) is 0 Å². The highest BCUT2D eigenvalue weighted by Gasteiger charge is 2.18. The normalized spacial score (nSPS) is 11.0. The SMILES string of the molecule is CCOc1ccccc1S(=O)(=O)CC=O. The van der Waals surface area contributed by atoms with Crippen LogP contribution in [0.25, 0.3) is 0 Å². The van der Waals surface area contributed by atoms with Crippen molar-refractivity contribution >= 4 is 16.1 Å². The molecule has 0 radical (unpaired) electrons. The Labute approximate surface area is 88.8 Å². The highest BCUT2D eigenvalue weighted by molar-refractivity contribution is 7.92. The molecule has 0 spiro atoms. The molecule has 82 valence electrons. The zero-order valence-corrected chi connectivity index (χ0v) is 9.16. The second kappa shape index (κ2) is 4.93. The molecule has 1 aromatic carbocycles. The van der Waals surface area contributed by atoms with Crippen LogP contribution < -0.4 is 4.74 Å². The summed E-state index contributed by atoms with van der Waals surface area (Å²) in [6.45, 7) is 2.15. The third kappa shape index (κ3) is 2.79. The van der Waals surface area contributed by atoms with E-state index < -0.39 is 15.6 Å². The Balaban J connectivity index is 3.18. The number of hydrogen-bond donors (Lipinski definition) is 0. The highest BCUT2D eigenvalue weighted by Crippen LogP contribution is 2.23. The molecule has 1 rings (SSSR count). The minimum absolute atomic E-state index is 0.0685. The molecule has 0 aliphatic rings. The van der Waals surface area contributed by atoms with Gasteiger partial charge < -0.3 is 9.53 Å². The number of aldehydes is 1. The van der Waals surface area contributed by atoms with Crippen molar-refractivity contribution in [3.8, 4) is 5.75 Å². The number of sulfone groups is 1. The average molecular weight is 228 g/mol. The van der Waals surface area contributed by atoms with Crippen LogP contribution in [0.4, 0.5) is 0 Å². The summed E-state index contributed by atoms with van der Waals surface area (Å²) in [5.41, 5.74) is 0. The molecule has 0 aliphatic carbocycles. The fraction of sp³-hybridized carbons (Fsp3) is 0.300. The standard InChI is InChI=1S/C10H12O4S/c1-2-14-9-5-3-4-6-10(9)15(12,13)8-7-11/h3-7H,2,8H2,1H3. The van der Waals surface area contributed by atoms with Gasteiger partial charge in [-0.05, 0) is 19.1 Å². The number of ether oxygens (including phenoxy) is 1. The van der Waals surface area contributed by atoms with Gasteiger partial charge in [0.05, 0.1) is 6.61 Å². The van der Waals surface area contributed by atoms with Gasteiger partial charge in [-0.1, -0.05) is 12.1 Å². The van der Waals surface area contributed by atoms with E-state index in [4.69, 9.17) is 4.74 Å². The van der Waals surface area contributed by atoms with Gasteiger partial charge >= 0.3 is 0 Å². The van der Waals surface area contributed by atoms with Crippen molar-refractivity contribution in [3.05, 3.63) is 24.3 Å². The van der Waals surface area contributed by atoms with Crippen LogP contribution in [0.2, 0.25) is 0 Å². The van der Waals surface area contributed by atoms with Gasteiger partial charge in [-0.25, -0.2) is 8.42 Å². The Morgan fingerprint density at radius 2 is 2.00 bits per heavy atom. The summed E-state index contributed by atoms with van der Waals surface area (Å²) < 4.78 is 28.4. The second-order valence-corrected chi connectivity index (χ2v) is 4.83. The first-order valence-electron chi connectivity index (χ1n) is 4.50. The molecule has 0 heterocycles. The average Bonchev–Trinajstić information content (AvgIpc) is 2.19. The molecule has 0 bridgehead atoms. The summed E-state index contributed by atoms with van der Waals surface area (Å²) in [6, 6.07) is 6.29. The monoisotopic (exact) mass is 228 g/mol. The van der Waals surface area contributed by atoms with Crippen LogP contribution in [0.15, 0.2) is 29.2 Å². The largest absolute Gasteiger partial charge is 0.493 e. The molecule has 0 aliphatic heterocycles. The first-order valence-corrected chi connectivity index (χ1v) is 6.15. The molecule has 15 heavy (non-hydrogen) atoms. The number of carbonyl (C=O) groups excluding carboxylic acids is 1. The Morgan fingerprint density at radius 1 is 1.33 bits per heavy atom. The summed E-state index contributed by atoms with van der Waals surface area (Å²) in [7, 11) is -3.56. The zero-order valence-electron chi connectivity index (χ0n) is 8.34. The van der Waals surface area contributed by atoms with Crippen molar-refractivity contribution in [3.63, 3.8) is 0 Å². The lowest BCUT2D eigenvalue weighted by molar-refractivity contribution is -0.105. The summed E-state index contributed by atoms with van der Waals surface area (Å²) in [4.78, 5) is 10.3. The number of carbonyl (C=O) groups is 1. The van der Waals surface area contributed by atoms with Gasteiger partial charge in [0.2, 0.25) is 0 Å². The summed E-state index contributed by atoms with van der Waals surface area (Å²) >= 11 is 0. The van der Waals surface area contributed by atoms with Gasteiger partial charge in [0.15, 0.2) is 9.84 Å². The molecule has 0 saturated heterocycles. The molecule has 0 N–H and O–H groups in total. The maximum atomic E-state index is 11.6. The van der Waals surface area contributed by atoms with E-state index in [0.29, 0.717) is 18.6 Å². The van der Waals surface area contributed by atoms with E-state index in [2.05, 4.69) is 0 Å². The highest BCUT2D eigenvalue weighted by atomic mass is 32.2. The lowest BCUT2D eigenvalue weighted by atomic mass is 10.3. The van der Waals surface area contributed by atoms with Crippen molar-refractivity contribution in [1.82, 2.24) is 0 Å². The summed E-state index contributed by atoms with van der Waals surface area (Å²) in [5, 5.41) is 0. The van der Waals surface area contributed by atoms with Gasteiger partial charge in [-0.3, -0.25) is 0 Å². The Bertz CT molecular complexity index is 436. The maximum Gasteiger partial charge on any atom is 0.188 e. The van der Waals surface area contributed by atoms with Gasteiger partial charge in [-0.2, -0.15) is 0 Å². The van der Waals surface area contributed by atoms with Crippen molar-refractivity contribution in [2.75, 3.05) is 12.4 Å². The first-order chi connectivity index (χ1) is 7.11. The van der Waals surface area contributed by atoms with E-state index in [9.17, 15) is 13.2 Å². The second-order valence-electron chi connectivity index (χ2n) is 2.83. The molecule has 1 aromatic rings. The zero-order chi connectivity index (χ0) is 11.3. The van der Waals surface area contributed by atoms with E-state index >= 15 is 0 Å². The fourth-order valence-electron chi connectivity index (χ4n) is 1.16. The number of benzene rings is 1. The Morgan fingerprint density at radius 3 is 2.60 bits per heavy atom. The molecule has 4 nitrogen and oxygen atoms in total. The van der Waals surface area contributed by atoms with Crippen molar-refractivity contribution < 1.29 is 17.9 Å². The number of hydrogen-bond acceptors (Lipinski definition) is 4. The summed E-state index contributed by atoms with van der Waals surface area (Å²) in [6.07, 6.45) is 0.373. The minimum atomic E-state index is -3.56. The van der Waals surface area contributed by atoms with Crippen molar-refractivity contribution in [2.24, 2.45) is 0 Å². The molecular weight excluding hydrogens is 216 g/mol. The molecule has 0 atom stereocenters. The van der Waals surface area contributed by atoms with Gasteiger partial charge in [-0.15, -0.1) is 0 Å². The molecule has 0 amide bonds. The van der Waals surface area contributed by atoms with Crippen LogP contribution in [0, 0.1) is 0 Å². The number of para-hydroxylation sites is 1. The van der Waals surface area contributed by atoms with Crippen molar-refractivity contribution in [1.29, 1.82) is 0 Å². The first kappa shape index (κ1) is 11.7. The van der Waals surface area contributed by atoms with E-state index in [1.165, 1.54) is 6.07 Å². The van der Waals surface area contributed by atoms with Crippen LogP contribution in [0.1, 0.15) is 6.92 Å². The molecule has 5 heteroatoms. The van der Waals surface area contributed by atoms with Crippen LogP contribution in [0.5, 0.6) is 5.75 Å².